The maximum Gasteiger partial charge on any atom is 0.296 e. The van der Waals surface area contributed by atoms with E-state index in [9.17, 15) is 25.9 Å². The summed E-state index contributed by atoms with van der Waals surface area (Å²) in [6.07, 6.45) is 0. The Morgan fingerprint density at radius 2 is 1.08 bits per heavy atom. The van der Waals surface area contributed by atoms with Gasteiger partial charge in [-0.1, -0.05) is 54.6 Å². The Hall–Kier alpha value is -2.52. The van der Waals surface area contributed by atoms with Crippen LogP contribution in [-0.4, -0.2) is 25.9 Å². The monoisotopic (exact) mass is 388 g/mol. The van der Waals surface area contributed by atoms with E-state index in [1.807, 2.05) is 30.3 Å². The van der Waals surface area contributed by atoms with E-state index in [2.05, 4.69) is 0 Å². The van der Waals surface area contributed by atoms with Gasteiger partial charge in [-0.3, -0.25) is 9.11 Å². The van der Waals surface area contributed by atoms with Crippen LogP contribution in [-0.2, 0) is 20.2 Å². The van der Waals surface area contributed by atoms with Gasteiger partial charge in [-0.05, 0) is 33.0 Å². The van der Waals surface area contributed by atoms with Gasteiger partial charge in [0.05, 0.1) is 0 Å². The van der Waals surface area contributed by atoms with Gasteiger partial charge in [-0.15, -0.1) is 0 Å². The van der Waals surface area contributed by atoms with Crippen molar-refractivity contribution in [2.24, 2.45) is 0 Å². The Labute approximate surface area is 149 Å². The topological polar surface area (TPSA) is 109 Å². The zero-order valence-electron chi connectivity index (χ0n) is 13.1. The van der Waals surface area contributed by atoms with Crippen molar-refractivity contribution in [2.75, 3.05) is 0 Å². The van der Waals surface area contributed by atoms with Crippen LogP contribution in [0.4, 0.5) is 0 Å². The largest absolute Gasteiger partial charge is 0.296 e. The normalized spacial score (nSPS) is 12.8. The molecule has 132 valence electrons. The van der Waals surface area contributed by atoms with Crippen molar-refractivity contribution in [1.82, 2.24) is 0 Å². The molecule has 8 heteroatoms. The molecule has 0 bridgehead atoms. The number of hydrogen-bond acceptors (Lipinski definition) is 4. The minimum Gasteiger partial charge on any atom is -0.282 e. The summed E-state index contributed by atoms with van der Waals surface area (Å²) >= 11 is 0. The number of rotatable bonds is 2. The first-order valence-electron chi connectivity index (χ1n) is 7.50. The third-order valence-corrected chi connectivity index (χ3v) is 6.35. The van der Waals surface area contributed by atoms with E-state index in [4.69, 9.17) is 0 Å². The third-order valence-electron chi connectivity index (χ3n) is 4.37. The minimum atomic E-state index is -4.89. The summed E-state index contributed by atoms with van der Waals surface area (Å²) in [5.74, 6) is 0. The van der Waals surface area contributed by atoms with Crippen LogP contribution in [0.3, 0.4) is 0 Å². The molecule has 0 aliphatic rings. The van der Waals surface area contributed by atoms with Crippen molar-refractivity contribution in [3.05, 3.63) is 60.7 Å². The summed E-state index contributed by atoms with van der Waals surface area (Å²) in [5.41, 5.74) is 0. The van der Waals surface area contributed by atoms with Crippen molar-refractivity contribution >= 4 is 52.6 Å². The summed E-state index contributed by atoms with van der Waals surface area (Å²) in [7, 11) is -9.73. The van der Waals surface area contributed by atoms with Gasteiger partial charge in [-0.2, -0.15) is 16.8 Å². The molecule has 0 amide bonds. The molecule has 6 nitrogen and oxygen atoms in total. The van der Waals surface area contributed by atoms with Gasteiger partial charge in [0.2, 0.25) is 0 Å². The highest BCUT2D eigenvalue weighted by Gasteiger charge is 2.27. The van der Waals surface area contributed by atoms with E-state index in [1.54, 1.807) is 12.1 Å². The third kappa shape index (κ3) is 2.55. The number of benzene rings is 4. The first-order chi connectivity index (χ1) is 12.2. The Morgan fingerprint density at radius 3 is 1.77 bits per heavy atom. The molecule has 0 unspecified atom stereocenters. The lowest BCUT2D eigenvalue weighted by molar-refractivity contribution is 0.468. The molecule has 4 aromatic rings. The first-order valence-corrected chi connectivity index (χ1v) is 10.4. The summed E-state index contributed by atoms with van der Waals surface area (Å²) in [4.78, 5) is -1.68. The Bertz CT molecular complexity index is 1420. The molecule has 0 aliphatic heterocycles. The van der Waals surface area contributed by atoms with Gasteiger partial charge < -0.3 is 0 Å². The van der Waals surface area contributed by atoms with Crippen LogP contribution in [0.2, 0.25) is 0 Å². The van der Waals surface area contributed by atoms with E-state index in [0.717, 1.165) is 22.2 Å². The van der Waals surface area contributed by atoms with Crippen LogP contribution in [0.1, 0.15) is 0 Å². The second kappa shape index (κ2) is 5.49. The second-order valence-corrected chi connectivity index (χ2v) is 8.63. The molecular formula is C18H12O6S2. The maximum atomic E-state index is 11.8. The van der Waals surface area contributed by atoms with E-state index in [1.165, 1.54) is 12.1 Å². The number of hydrogen-bond donors (Lipinski definition) is 2. The Balaban J connectivity index is 2.26. The summed E-state index contributed by atoms with van der Waals surface area (Å²) in [5, 5.41) is 3.99. The van der Waals surface area contributed by atoms with Crippen molar-refractivity contribution in [2.45, 2.75) is 9.79 Å². The van der Waals surface area contributed by atoms with Crippen LogP contribution in [0.15, 0.2) is 70.5 Å². The molecule has 0 spiro atoms. The summed E-state index contributed by atoms with van der Waals surface area (Å²) in [6, 6.07) is 16.9. The fourth-order valence-corrected chi connectivity index (χ4v) is 5.32. The molecule has 0 aliphatic carbocycles. The van der Waals surface area contributed by atoms with Crippen LogP contribution in [0.25, 0.3) is 32.3 Å². The first kappa shape index (κ1) is 16.9. The van der Waals surface area contributed by atoms with Crippen LogP contribution in [0, 0.1) is 0 Å². The molecule has 0 saturated heterocycles. The summed E-state index contributed by atoms with van der Waals surface area (Å²) < 4.78 is 65.7. The molecule has 4 aromatic carbocycles. The van der Waals surface area contributed by atoms with Gasteiger partial charge in [-0.25, -0.2) is 0 Å². The van der Waals surface area contributed by atoms with Crippen molar-refractivity contribution < 1.29 is 25.9 Å². The molecular weight excluding hydrogens is 376 g/mol. The molecule has 26 heavy (non-hydrogen) atoms. The zero-order valence-corrected chi connectivity index (χ0v) is 14.8. The molecule has 0 heterocycles. The quantitative estimate of drug-likeness (QED) is 0.401. The second-order valence-electron chi connectivity index (χ2n) is 5.89. The van der Waals surface area contributed by atoms with Gasteiger partial charge in [0.25, 0.3) is 20.2 Å². The Kier molecular flexibility index (Phi) is 3.57. The van der Waals surface area contributed by atoms with Crippen molar-refractivity contribution in [3.8, 4) is 0 Å². The predicted octanol–water partition coefficient (Wildman–Crippen LogP) is 3.64. The molecule has 0 fully saturated rings. The van der Waals surface area contributed by atoms with E-state index >= 15 is 0 Å². The fourth-order valence-electron chi connectivity index (χ4n) is 3.33. The highest BCUT2D eigenvalue weighted by Crippen LogP contribution is 2.36. The minimum absolute atomic E-state index is 0.0189. The smallest absolute Gasteiger partial charge is 0.282 e. The zero-order chi connectivity index (χ0) is 18.7. The van der Waals surface area contributed by atoms with Gasteiger partial charge >= 0.3 is 0 Å². The lowest BCUT2D eigenvalue weighted by Gasteiger charge is -2.12. The van der Waals surface area contributed by atoms with Crippen LogP contribution in [0.5, 0.6) is 0 Å². The molecule has 4 rings (SSSR count). The highest BCUT2D eigenvalue weighted by molar-refractivity contribution is 7.89. The molecule has 2 N–H and O–H groups in total. The van der Waals surface area contributed by atoms with Gasteiger partial charge in [0.1, 0.15) is 9.79 Å². The van der Waals surface area contributed by atoms with Crippen molar-refractivity contribution in [3.63, 3.8) is 0 Å². The van der Waals surface area contributed by atoms with Gasteiger partial charge in [0, 0.05) is 5.39 Å². The highest BCUT2D eigenvalue weighted by atomic mass is 32.2. The molecule has 0 saturated carbocycles. The van der Waals surface area contributed by atoms with Gasteiger partial charge in [0.15, 0.2) is 0 Å². The number of fused-ring (bicyclic) bond motifs is 5. The lowest BCUT2D eigenvalue weighted by Crippen LogP contribution is -2.09. The maximum absolute atomic E-state index is 11.8. The van der Waals surface area contributed by atoms with Crippen LogP contribution >= 0.6 is 0 Å². The average molecular weight is 388 g/mol. The van der Waals surface area contributed by atoms with E-state index < -0.39 is 30.0 Å². The van der Waals surface area contributed by atoms with Crippen molar-refractivity contribution in [1.29, 1.82) is 0 Å². The van der Waals surface area contributed by atoms with E-state index in [-0.39, 0.29) is 5.39 Å². The predicted molar refractivity (Wildman–Crippen MR) is 98.6 cm³/mol. The Morgan fingerprint density at radius 1 is 0.538 bits per heavy atom. The molecule has 0 atom stereocenters. The molecule has 0 aromatic heterocycles. The van der Waals surface area contributed by atoms with E-state index in [0.29, 0.717) is 10.8 Å². The lowest BCUT2D eigenvalue weighted by atomic mass is 9.97. The SMILES string of the molecule is O=S(=O)(O)c1ccc2c(ccc3c4ccccc4ccc23)c1S(=O)(=O)O. The fraction of sp³-hybridized carbons (Fsp3) is 0. The average Bonchev–Trinajstić information content (AvgIpc) is 2.58. The van der Waals surface area contributed by atoms with Crippen LogP contribution < -0.4 is 0 Å². The standard InChI is InChI=1S/C18H12O6S2/c19-25(20,21)17-10-9-15-14-6-5-11-3-1-2-4-12(11)13(14)7-8-16(15)18(17)26(22,23)24/h1-10H,(H,19,20,21)(H,22,23,24). The molecule has 0 radical (unpaired) electrons. The summed E-state index contributed by atoms with van der Waals surface area (Å²) in [6.45, 7) is 0.